The van der Waals surface area contributed by atoms with E-state index in [2.05, 4.69) is 10.3 Å². The van der Waals surface area contributed by atoms with Crippen LogP contribution in [-0.4, -0.2) is 22.0 Å². The van der Waals surface area contributed by atoms with Crippen LogP contribution >= 0.6 is 11.3 Å². The highest BCUT2D eigenvalue weighted by molar-refractivity contribution is 7.13. The van der Waals surface area contributed by atoms with Crippen molar-refractivity contribution in [2.75, 3.05) is 5.32 Å². The number of aromatic nitrogens is 1. The van der Waals surface area contributed by atoms with Crippen LogP contribution in [0.15, 0.2) is 29.6 Å². The van der Waals surface area contributed by atoms with Gasteiger partial charge in [0, 0.05) is 17.4 Å². The van der Waals surface area contributed by atoms with Crippen LogP contribution in [0.3, 0.4) is 0 Å². The number of benzene rings is 1. The maximum Gasteiger partial charge on any atom is 0.303 e. The molecule has 0 fully saturated rings. The van der Waals surface area contributed by atoms with Gasteiger partial charge in [0.1, 0.15) is 5.82 Å². The second-order valence-electron chi connectivity index (χ2n) is 4.36. The van der Waals surface area contributed by atoms with E-state index in [4.69, 9.17) is 5.11 Å². The number of thiazole rings is 1. The standard InChI is InChI=1S/C14H13FN2O3S/c15-10-4-1-3-9(7-10)13(20)17-14-16-11(8-21-14)5-2-6-12(18)19/h1,3-4,7-8H,2,5-6H2,(H,18,19)(H,16,17,20). The van der Waals surface area contributed by atoms with Crippen molar-refractivity contribution in [1.82, 2.24) is 4.98 Å². The molecule has 110 valence electrons. The Balaban J connectivity index is 1.93. The number of carbonyl (C=O) groups excluding carboxylic acids is 1. The first-order valence-corrected chi connectivity index (χ1v) is 7.15. The Morgan fingerprint density at radius 2 is 2.19 bits per heavy atom. The Morgan fingerprint density at radius 1 is 1.38 bits per heavy atom. The highest BCUT2D eigenvalue weighted by atomic mass is 32.1. The maximum atomic E-state index is 13.0. The molecule has 0 aliphatic rings. The van der Waals surface area contributed by atoms with Gasteiger partial charge in [-0.05, 0) is 31.0 Å². The van der Waals surface area contributed by atoms with Crippen LogP contribution in [0.2, 0.25) is 0 Å². The van der Waals surface area contributed by atoms with Gasteiger partial charge in [0.15, 0.2) is 5.13 Å². The molecule has 0 spiro atoms. The van der Waals surface area contributed by atoms with E-state index in [1.165, 1.54) is 29.5 Å². The average Bonchev–Trinajstić information content (AvgIpc) is 2.86. The lowest BCUT2D eigenvalue weighted by Gasteiger charge is -2.01. The number of carboxylic acid groups (broad SMARTS) is 1. The Kier molecular flexibility index (Phi) is 4.99. The molecule has 5 nitrogen and oxygen atoms in total. The summed E-state index contributed by atoms with van der Waals surface area (Å²) >= 11 is 1.25. The quantitative estimate of drug-likeness (QED) is 0.860. The largest absolute Gasteiger partial charge is 0.481 e. The molecule has 2 rings (SSSR count). The number of amides is 1. The molecule has 2 aromatic rings. The summed E-state index contributed by atoms with van der Waals surface area (Å²) in [6.07, 6.45) is 1.12. The minimum Gasteiger partial charge on any atom is -0.481 e. The van der Waals surface area contributed by atoms with Crippen molar-refractivity contribution >= 4 is 28.3 Å². The smallest absolute Gasteiger partial charge is 0.303 e. The summed E-state index contributed by atoms with van der Waals surface area (Å²) in [7, 11) is 0. The molecule has 0 unspecified atom stereocenters. The highest BCUT2D eigenvalue weighted by Gasteiger charge is 2.10. The SMILES string of the molecule is O=C(O)CCCc1csc(NC(=O)c2cccc(F)c2)n1. The van der Waals surface area contributed by atoms with Crippen molar-refractivity contribution < 1.29 is 19.1 Å². The molecule has 0 bridgehead atoms. The van der Waals surface area contributed by atoms with E-state index in [-0.39, 0.29) is 12.0 Å². The summed E-state index contributed by atoms with van der Waals surface area (Å²) in [5.74, 6) is -1.75. The van der Waals surface area contributed by atoms with Gasteiger partial charge in [-0.25, -0.2) is 9.37 Å². The zero-order valence-electron chi connectivity index (χ0n) is 11.0. The minimum atomic E-state index is -0.843. The Morgan fingerprint density at radius 3 is 2.90 bits per heavy atom. The average molecular weight is 308 g/mol. The summed E-state index contributed by atoms with van der Waals surface area (Å²) < 4.78 is 13.0. The minimum absolute atomic E-state index is 0.0858. The number of aryl methyl sites for hydroxylation is 1. The third-order valence-electron chi connectivity index (χ3n) is 2.68. The lowest BCUT2D eigenvalue weighted by atomic mass is 10.2. The number of hydrogen-bond acceptors (Lipinski definition) is 4. The predicted molar refractivity (Wildman–Crippen MR) is 77.0 cm³/mol. The van der Waals surface area contributed by atoms with Gasteiger partial charge in [0.2, 0.25) is 0 Å². The van der Waals surface area contributed by atoms with Crippen LogP contribution in [0.1, 0.15) is 28.9 Å². The number of hydrogen-bond donors (Lipinski definition) is 2. The van der Waals surface area contributed by atoms with E-state index in [9.17, 15) is 14.0 Å². The van der Waals surface area contributed by atoms with Gasteiger partial charge in [-0.15, -0.1) is 11.3 Å². The lowest BCUT2D eigenvalue weighted by Crippen LogP contribution is -2.11. The molecule has 0 aliphatic heterocycles. The van der Waals surface area contributed by atoms with Crippen molar-refractivity contribution in [3.8, 4) is 0 Å². The van der Waals surface area contributed by atoms with Gasteiger partial charge in [-0.2, -0.15) is 0 Å². The Bertz CT molecular complexity index is 657. The maximum absolute atomic E-state index is 13.0. The van der Waals surface area contributed by atoms with E-state index < -0.39 is 17.7 Å². The van der Waals surface area contributed by atoms with Gasteiger partial charge in [-0.3, -0.25) is 14.9 Å². The van der Waals surface area contributed by atoms with E-state index in [1.54, 1.807) is 5.38 Å². The first kappa shape index (κ1) is 15.1. The van der Waals surface area contributed by atoms with Gasteiger partial charge < -0.3 is 5.11 Å². The van der Waals surface area contributed by atoms with Crippen LogP contribution in [0.4, 0.5) is 9.52 Å². The zero-order chi connectivity index (χ0) is 15.2. The number of aliphatic carboxylic acids is 1. The molecule has 1 amide bonds. The normalized spacial score (nSPS) is 10.3. The van der Waals surface area contributed by atoms with Crippen molar-refractivity contribution in [3.63, 3.8) is 0 Å². The molecular weight excluding hydrogens is 295 g/mol. The Labute approximate surface area is 124 Å². The van der Waals surface area contributed by atoms with Crippen LogP contribution in [0.25, 0.3) is 0 Å². The lowest BCUT2D eigenvalue weighted by molar-refractivity contribution is -0.137. The van der Waals surface area contributed by atoms with Crippen molar-refractivity contribution in [2.24, 2.45) is 0 Å². The fourth-order valence-electron chi connectivity index (χ4n) is 1.70. The molecule has 21 heavy (non-hydrogen) atoms. The molecule has 0 atom stereocenters. The number of rotatable bonds is 6. The van der Waals surface area contributed by atoms with Crippen molar-refractivity contribution in [1.29, 1.82) is 0 Å². The summed E-state index contributed by atoms with van der Waals surface area (Å²) in [6.45, 7) is 0. The van der Waals surface area contributed by atoms with Gasteiger partial charge in [-0.1, -0.05) is 6.07 Å². The van der Waals surface area contributed by atoms with Crippen molar-refractivity contribution in [2.45, 2.75) is 19.3 Å². The van der Waals surface area contributed by atoms with E-state index in [0.717, 1.165) is 11.8 Å². The van der Waals surface area contributed by atoms with Crippen LogP contribution in [0.5, 0.6) is 0 Å². The van der Waals surface area contributed by atoms with E-state index in [1.807, 2.05) is 0 Å². The molecule has 7 heteroatoms. The molecule has 1 aromatic carbocycles. The van der Waals surface area contributed by atoms with E-state index in [0.29, 0.717) is 18.0 Å². The summed E-state index contributed by atoms with van der Waals surface area (Å²) in [5, 5.41) is 13.3. The van der Waals surface area contributed by atoms with E-state index >= 15 is 0 Å². The van der Waals surface area contributed by atoms with Crippen molar-refractivity contribution in [3.05, 3.63) is 46.7 Å². The van der Waals surface area contributed by atoms with Crippen LogP contribution in [0, 0.1) is 5.82 Å². The molecule has 1 heterocycles. The molecule has 0 aliphatic carbocycles. The predicted octanol–water partition coefficient (Wildman–Crippen LogP) is 2.94. The molecule has 0 saturated heterocycles. The molecule has 1 aromatic heterocycles. The topological polar surface area (TPSA) is 79.3 Å². The third kappa shape index (κ3) is 4.64. The first-order valence-electron chi connectivity index (χ1n) is 6.28. The van der Waals surface area contributed by atoms with Crippen LogP contribution < -0.4 is 5.32 Å². The monoisotopic (exact) mass is 308 g/mol. The Hall–Kier alpha value is -2.28. The highest BCUT2D eigenvalue weighted by Crippen LogP contribution is 2.18. The second-order valence-corrected chi connectivity index (χ2v) is 5.21. The van der Waals surface area contributed by atoms with Gasteiger partial charge in [0.05, 0.1) is 5.69 Å². The molecule has 0 saturated carbocycles. The zero-order valence-corrected chi connectivity index (χ0v) is 11.8. The molecule has 0 radical (unpaired) electrons. The summed E-state index contributed by atoms with van der Waals surface area (Å²) in [6, 6.07) is 5.39. The first-order chi connectivity index (χ1) is 10.0. The summed E-state index contributed by atoms with van der Waals surface area (Å²) in [5.41, 5.74) is 0.952. The fourth-order valence-corrected chi connectivity index (χ4v) is 2.44. The fraction of sp³-hybridized carbons (Fsp3) is 0.214. The number of carbonyl (C=O) groups is 2. The summed E-state index contributed by atoms with van der Waals surface area (Å²) in [4.78, 5) is 26.5. The van der Waals surface area contributed by atoms with Gasteiger partial charge in [0.25, 0.3) is 5.91 Å². The number of anilines is 1. The molecule has 2 N–H and O–H groups in total. The number of carboxylic acids is 1. The second kappa shape index (κ2) is 6.94. The number of nitrogens with zero attached hydrogens (tertiary/aromatic N) is 1. The number of nitrogens with one attached hydrogen (secondary N) is 1. The van der Waals surface area contributed by atoms with Gasteiger partial charge >= 0.3 is 5.97 Å². The molecular formula is C14H13FN2O3S. The number of halogens is 1. The van der Waals surface area contributed by atoms with Crippen LogP contribution in [-0.2, 0) is 11.2 Å². The third-order valence-corrected chi connectivity index (χ3v) is 3.49.